The standard InChI is InChI=1S/C82H54N2/c1-5-19-59-47-67(35-29-53(59)13-1)83(68-36-30-54-14-2-6-20-60(54)48-68)71-39-43-77-79(51-71)81(65-33-41-75-63(45-65)27-25-57-17-9-11-23-73(57)75)78-44-40-72(52-80(78)82(77)66-34-42-76-64(46-66)28-26-58-18-10-12-24-74(58)76)84(69-37-31-55-15-3-7-21-61(55)49-69)70-38-32-56-16-4-8-22-62(56)50-70/h1-45,47-52,64H,46H2. The van der Waals surface area contributed by atoms with E-state index in [1.54, 1.807) is 0 Å². The largest absolute Gasteiger partial charge is 0.310 e. The van der Waals surface area contributed by atoms with Crippen molar-refractivity contribution in [1.29, 1.82) is 0 Å². The van der Waals surface area contributed by atoms with Crippen molar-refractivity contribution in [3.63, 3.8) is 0 Å². The van der Waals surface area contributed by atoms with Crippen molar-refractivity contribution in [3.05, 3.63) is 320 Å². The predicted octanol–water partition coefficient (Wildman–Crippen LogP) is 23.0. The molecule has 0 bridgehead atoms. The van der Waals surface area contributed by atoms with Crippen molar-refractivity contribution in [2.24, 2.45) is 5.92 Å². The molecule has 17 rings (SSSR count). The normalized spacial score (nSPS) is 13.9. The molecular formula is C82H54N2. The van der Waals surface area contributed by atoms with Crippen LogP contribution in [-0.2, 0) is 0 Å². The maximum absolute atomic E-state index is 2.50. The van der Waals surface area contributed by atoms with E-state index in [2.05, 4.69) is 319 Å². The minimum atomic E-state index is 0.227. The lowest BCUT2D eigenvalue weighted by Crippen LogP contribution is -2.12. The van der Waals surface area contributed by atoms with Crippen LogP contribution in [-0.4, -0.2) is 0 Å². The molecule has 15 aromatic rings. The van der Waals surface area contributed by atoms with Crippen LogP contribution >= 0.6 is 0 Å². The Morgan fingerprint density at radius 3 is 1.24 bits per heavy atom. The quantitative estimate of drug-likeness (QED) is 0.111. The lowest BCUT2D eigenvalue weighted by atomic mass is 9.75. The molecule has 2 aliphatic rings. The lowest BCUT2D eigenvalue weighted by Gasteiger charge is -2.30. The molecule has 0 amide bonds. The number of allylic oxidation sites excluding steroid dienone is 5. The number of fused-ring (bicyclic) bond motifs is 12. The van der Waals surface area contributed by atoms with Gasteiger partial charge in [0.15, 0.2) is 0 Å². The van der Waals surface area contributed by atoms with E-state index < -0.39 is 0 Å². The van der Waals surface area contributed by atoms with E-state index in [1.807, 2.05) is 0 Å². The summed E-state index contributed by atoms with van der Waals surface area (Å²) in [5.74, 6) is 0.227. The van der Waals surface area contributed by atoms with E-state index >= 15 is 0 Å². The Labute approximate surface area is 488 Å². The zero-order valence-corrected chi connectivity index (χ0v) is 46.1. The maximum Gasteiger partial charge on any atom is 0.0468 e. The van der Waals surface area contributed by atoms with Crippen LogP contribution in [0.25, 0.3) is 115 Å². The summed E-state index contributed by atoms with van der Waals surface area (Å²) in [6.45, 7) is 0. The Hall–Kier alpha value is -10.8. The smallest absolute Gasteiger partial charge is 0.0468 e. The summed E-state index contributed by atoms with van der Waals surface area (Å²) in [6.07, 6.45) is 10.5. The second kappa shape index (κ2) is 19.4. The van der Waals surface area contributed by atoms with E-state index in [-0.39, 0.29) is 5.92 Å². The van der Waals surface area contributed by atoms with Gasteiger partial charge in [-0.1, -0.05) is 231 Å². The van der Waals surface area contributed by atoms with Gasteiger partial charge in [-0.25, -0.2) is 0 Å². The van der Waals surface area contributed by atoms with Gasteiger partial charge >= 0.3 is 0 Å². The molecule has 0 saturated heterocycles. The third kappa shape index (κ3) is 8.02. The van der Waals surface area contributed by atoms with E-state index in [9.17, 15) is 0 Å². The van der Waals surface area contributed by atoms with Gasteiger partial charge in [0.05, 0.1) is 0 Å². The first-order chi connectivity index (χ1) is 41.6. The number of benzene rings is 15. The van der Waals surface area contributed by atoms with E-state index in [0.29, 0.717) is 0 Å². The van der Waals surface area contributed by atoms with Crippen molar-refractivity contribution in [2.75, 3.05) is 9.80 Å². The predicted molar refractivity (Wildman–Crippen MR) is 361 cm³/mol. The topological polar surface area (TPSA) is 6.48 Å². The van der Waals surface area contributed by atoms with Crippen molar-refractivity contribution in [1.82, 2.24) is 0 Å². The van der Waals surface area contributed by atoms with Crippen molar-refractivity contribution in [3.8, 4) is 11.1 Å². The molecule has 0 aliphatic heterocycles. The fourth-order valence-electron chi connectivity index (χ4n) is 14.0. The van der Waals surface area contributed by atoms with Crippen molar-refractivity contribution >= 4 is 138 Å². The summed E-state index contributed by atoms with van der Waals surface area (Å²) in [4.78, 5) is 4.93. The number of nitrogens with zero attached hydrogens (tertiary/aromatic N) is 2. The number of hydrogen-bond donors (Lipinski definition) is 0. The molecule has 84 heavy (non-hydrogen) atoms. The van der Waals surface area contributed by atoms with Gasteiger partial charge < -0.3 is 9.80 Å². The van der Waals surface area contributed by atoms with Crippen LogP contribution in [0.1, 0.15) is 23.1 Å². The summed E-state index contributed by atoms with van der Waals surface area (Å²) in [6, 6.07) is 106. The molecule has 0 heterocycles. The zero-order chi connectivity index (χ0) is 55.2. The van der Waals surface area contributed by atoms with Gasteiger partial charge in [0.2, 0.25) is 0 Å². The van der Waals surface area contributed by atoms with E-state index in [1.165, 1.54) is 125 Å². The summed E-state index contributed by atoms with van der Waals surface area (Å²) in [5, 5.41) is 19.5. The maximum atomic E-state index is 2.50. The first-order valence-electron chi connectivity index (χ1n) is 29.3. The third-order valence-corrected chi connectivity index (χ3v) is 18.0. The molecule has 0 spiro atoms. The second-order valence-corrected chi connectivity index (χ2v) is 22.8. The highest BCUT2D eigenvalue weighted by molar-refractivity contribution is 6.22. The fraction of sp³-hybridized carbons (Fsp3) is 0.0244. The SMILES string of the molecule is C1=CC2CC(c3c4cc(N(c5ccc6ccccc6c5)c5ccc6ccccc6c5)ccc4c(-c4ccc5c(ccc6ccccc65)c4)c4cc(N(c5ccc6ccccc6c5)c5ccc6ccccc6c5)ccc34)=CC=C2c2ccccc21. The van der Waals surface area contributed by atoms with Crippen LogP contribution in [0, 0.1) is 5.92 Å². The Kier molecular flexibility index (Phi) is 11.1. The minimum absolute atomic E-state index is 0.227. The van der Waals surface area contributed by atoms with Crippen LogP contribution in [0.2, 0.25) is 0 Å². The van der Waals surface area contributed by atoms with Gasteiger partial charge in [0.25, 0.3) is 0 Å². The van der Waals surface area contributed by atoms with Gasteiger partial charge in [0, 0.05) is 40.0 Å². The van der Waals surface area contributed by atoms with Gasteiger partial charge in [0.1, 0.15) is 0 Å². The average Bonchev–Trinajstić information content (AvgIpc) is 1.28. The monoisotopic (exact) mass is 1070 g/mol. The first kappa shape index (κ1) is 48.0. The Bertz CT molecular complexity index is 5170. The molecule has 2 nitrogen and oxygen atoms in total. The zero-order valence-electron chi connectivity index (χ0n) is 46.1. The van der Waals surface area contributed by atoms with Crippen LogP contribution in [0.15, 0.2) is 303 Å². The van der Waals surface area contributed by atoms with Crippen molar-refractivity contribution < 1.29 is 0 Å². The van der Waals surface area contributed by atoms with Crippen molar-refractivity contribution in [2.45, 2.75) is 6.42 Å². The Morgan fingerprint density at radius 1 is 0.274 bits per heavy atom. The summed E-state index contributed by atoms with van der Waals surface area (Å²) in [5.41, 5.74) is 15.6. The van der Waals surface area contributed by atoms with Crippen LogP contribution in [0.5, 0.6) is 0 Å². The molecule has 392 valence electrons. The highest BCUT2D eigenvalue weighted by Crippen LogP contribution is 2.51. The summed E-state index contributed by atoms with van der Waals surface area (Å²) >= 11 is 0. The molecule has 1 atom stereocenters. The highest BCUT2D eigenvalue weighted by atomic mass is 15.1. The van der Waals surface area contributed by atoms with Gasteiger partial charge in [-0.15, -0.1) is 0 Å². The molecule has 0 saturated carbocycles. The minimum Gasteiger partial charge on any atom is -0.310 e. The van der Waals surface area contributed by atoms with Crippen LogP contribution in [0.4, 0.5) is 34.1 Å². The van der Waals surface area contributed by atoms with Gasteiger partial charge in [-0.05, 0) is 210 Å². The number of hydrogen-bond acceptors (Lipinski definition) is 2. The van der Waals surface area contributed by atoms with Gasteiger partial charge in [-0.3, -0.25) is 0 Å². The fourth-order valence-corrected chi connectivity index (χ4v) is 14.0. The molecular weight excluding hydrogens is 1010 g/mol. The summed E-state index contributed by atoms with van der Waals surface area (Å²) in [7, 11) is 0. The average molecular weight is 1070 g/mol. The molecule has 0 N–H and O–H groups in total. The molecule has 0 radical (unpaired) electrons. The molecule has 15 aromatic carbocycles. The molecule has 0 fully saturated rings. The number of rotatable bonds is 8. The number of anilines is 6. The molecule has 1 unspecified atom stereocenters. The Balaban J connectivity index is 0.972. The molecule has 2 aliphatic carbocycles. The van der Waals surface area contributed by atoms with E-state index in [4.69, 9.17) is 0 Å². The third-order valence-electron chi connectivity index (χ3n) is 18.0. The molecule has 2 heteroatoms. The second-order valence-electron chi connectivity index (χ2n) is 22.8. The molecule has 0 aromatic heterocycles. The first-order valence-corrected chi connectivity index (χ1v) is 29.3. The van der Waals surface area contributed by atoms with Gasteiger partial charge in [-0.2, -0.15) is 0 Å². The van der Waals surface area contributed by atoms with Crippen LogP contribution in [0.3, 0.4) is 0 Å². The highest BCUT2D eigenvalue weighted by Gasteiger charge is 2.28. The summed E-state index contributed by atoms with van der Waals surface area (Å²) < 4.78 is 0. The lowest BCUT2D eigenvalue weighted by molar-refractivity contribution is 0.858. The van der Waals surface area contributed by atoms with Crippen LogP contribution < -0.4 is 9.80 Å². The van der Waals surface area contributed by atoms with E-state index in [0.717, 1.165) is 40.5 Å². The Morgan fingerprint density at radius 2 is 0.679 bits per heavy atom.